The van der Waals surface area contributed by atoms with Gasteiger partial charge in [-0.2, -0.15) is 0 Å². The van der Waals surface area contributed by atoms with Crippen molar-refractivity contribution in [3.05, 3.63) is 0 Å². The maximum atomic E-state index is 11.4. The zero-order chi connectivity index (χ0) is 28.3. The molecule has 0 spiro atoms. The number of carboxylic acids is 4. The van der Waals surface area contributed by atoms with Crippen LogP contribution in [0.3, 0.4) is 0 Å². The molecule has 1 aliphatic heterocycles. The van der Waals surface area contributed by atoms with E-state index in [1.165, 1.54) is 0 Å². The molecule has 1 heterocycles. The smallest absolute Gasteiger partial charge is 0.329 e. The van der Waals surface area contributed by atoms with Crippen LogP contribution in [0.5, 0.6) is 0 Å². The van der Waals surface area contributed by atoms with Crippen LogP contribution in [0.2, 0.25) is 0 Å². The van der Waals surface area contributed by atoms with Crippen molar-refractivity contribution in [2.45, 2.75) is 18.9 Å². The Labute approximate surface area is 222 Å². The zero-order valence-corrected chi connectivity index (χ0v) is 21.8. The summed E-state index contributed by atoms with van der Waals surface area (Å²) in [5.74, 6) is -4.01. The highest BCUT2D eigenvalue weighted by Crippen LogP contribution is 2.04. The Balaban J connectivity index is 2.77. The second-order valence-corrected chi connectivity index (χ2v) is 9.19. The molecule has 0 aromatic carbocycles. The molecule has 220 valence electrons. The lowest BCUT2D eigenvalue weighted by molar-refractivity contribution is -0.143. The molecule has 15 heteroatoms. The van der Waals surface area contributed by atoms with E-state index >= 15 is 0 Å². The third-order valence-electron chi connectivity index (χ3n) is 5.82. The first-order valence-electron chi connectivity index (χ1n) is 12.6. The van der Waals surface area contributed by atoms with Gasteiger partial charge in [0.15, 0.2) is 0 Å². The zero-order valence-electron chi connectivity index (χ0n) is 21.8. The van der Waals surface area contributed by atoms with E-state index in [2.05, 4.69) is 0 Å². The highest BCUT2D eigenvalue weighted by atomic mass is 16.5. The van der Waals surface area contributed by atoms with Crippen LogP contribution in [-0.4, -0.2) is 180 Å². The number of β-amino-alcohol motifs (C(OH)–C–C–N with tert-alkyl or cyclic N) is 1. The van der Waals surface area contributed by atoms with E-state index < -0.39 is 36.6 Å². The number of nitrogens with zero attached hydrogens (tertiary/aromatic N) is 4. The van der Waals surface area contributed by atoms with E-state index in [0.717, 1.165) is 0 Å². The Morgan fingerprint density at radius 3 is 1.39 bits per heavy atom. The molecule has 0 amide bonds. The van der Waals surface area contributed by atoms with Gasteiger partial charge >= 0.3 is 23.9 Å². The predicted molar refractivity (Wildman–Crippen MR) is 133 cm³/mol. The molecule has 0 bridgehead atoms. The lowest BCUT2D eigenvalue weighted by atomic mass is 10.2. The normalized spacial score (nSPS) is 19.0. The van der Waals surface area contributed by atoms with Gasteiger partial charge in [-0.3, -0.25) is 34.0 Å². The van der Waals surface area contributed by atoms with Crippen molar-refractivity contribution in [2.24, 2.45) is 0 Å². The van der Waals surface area contributed by atoms with E-state index in [1.807, 2.05) is 4.90 Å². The third kappa shape index (κ3) is 18.0. The highest BCUT2D eigenvalue weighted by molar-refractivity contribution is 5.70. The fourth-order valence-electron chi connectivity index (χ4n) is 4.13. The van der Waals surface area contributed by atoms with Crippen LogP contribution in [0.25, 0.3) is 0 Å². The number of aliphatic hydroxyl groups excluding tert-OH is 1. The molecular formula is C23H42N4O11. The minimum absolute atomic E-state index is 0.0102. The molecular weight excluding hydrogens is 508 g/mol. The van der Waals surface area contributed by atoms with Crippen molar-refractivity contribution in [3.63, 3.8) is 0 Å². The molecule has 0 aliphatic carbocycles. The lowest BCUT2D eigenvalue weighted by Crippen LogP contribution is -2.45. The number of ether oxygens (including phenoxy) is 2. The summed E-state index contributed by atoms with van der Waals surface area (Å²) in [5, 5.41) is 46.8. The van der Waals surface area contributed by atoms with Crippen LogP contribution in [0.4, 0.5) is 0 Å². The molecule has 38 heavy (non-hydrogen) atoms. The Morgan fingerprint density at radius 2 is 0.974 bits per heavy atom. The highest BCUT2D eigenvalue weighted by Gasteiger charge is 2.19. The predicted octanol–water partition coefficient (Wildman–Crippen LogP) is -2.28. The number of hydrogen-bond acceptors (Lipinski definition) is 11. The topological polar surface area (TPSA) is 201 Å². The van der Waals surface area contributed by atoms with Gasteiger partial charge in [-0.05, 0) is 19.4 Å². The molecule has 1 saturated heterocycles. The largest absolute Gasteiger partial charge is 0.480 e. The Hall–Kier alpha value is -2.40. The minimum Gasteiger partial charge on any atom is -0.480 e. The van der Waals surface area contributed by atoms with Crippen LogP contribution in [-0.2, 0) is 28.7 Å². The van der Waals surface area contributed by atoms with E-state index in [4.69, 9.17) is 14.6 Å². The first kappa shape index (κ1) is 33.6. The molecule has 1 rings (SSSR count). The number of carbonyl (C=O) groups is 4. The molecule has 5 N–H and O–H groups in total. The summed E-state index contributed by atoms with van der Waals surface area (Å²) in [6.45, 7) is 2.99. The van der Waals surface area contributed by atoms with Gasteiger partial charge in [0, 0.05) is 52.4 Å². The number of aliphatic carboxylic acids is 4. The lowest BCUT2D eigenvalue weighted by Gasteiger charge is -2.31. The van der Waals surface area contributed by atoms with E-state index in [-0.39, 0.29) is 46.0 Å². The molecule has 0 radical (unpaired) electrons. The van der Waals surface area contributed by atoms with Crippen LogP contribution in [0, 0.1) is 0 Å². The molecule has 1 unspecified atom stereocenters. The quantitative estimate of drug-likeness (QED) is 0.136. The van der Waals surface area contributed by atoms with Crippen molar-refractivity contribution >= 4 is 23.9 Å². The van der Waals surface area contributed by atoms with Crippen molar-refractivity contribution < 1.29 is 54.2 Å². The van der Waals surface area contributed by atoms with E-state index in [1.54, 1.807) is 14.7 Å². The number of aliphatic hydroxyl groups is 1. The minimum atomic E-state index is -1.08. The monoisotopic (exact) mass is 550 g/mol. The summed E-state index contributed by atoms with van der Waals surface area (Å²) in [5.41, 5.74) is 0. The fourth-order valence-corrected chi connectivity index (χ4v) is 4.13. The number of rotatable bonds is 15. The molecule has 0 saturated carbocycles. The van der Waals surface area contributed by atoms with E-state index in [0.29, 0.717) is 65.2 Å². The van der Waals surface area contributed by atoms with Gasteiger partial charge in [-0.15, -0.1) is 0 Å². The summed E-state index contributed by atoms with van der Waals surface area (Å²) >= 11 is 0. The molecule has 0 aromatic rings. The van der Waals surface area contributed by atoms with Crippen LogP contribution in [0.15, 0.2) is 0 Å². The molecule has 1 atom stereocenters. The van der Waals surface area contributed by atoms with Gasteiger partial charge in [0.25, 0.3) is 0 Å². The van der Waals surface area contributed by atoms with Gasteiger partial charge in [0.2, 0.25) is 0 Å². The van der Waals surface area contributed by atoms with Crippen LogP contribution < -0.4 is 0 Å². The third-order valence-corrected chi connectivity index (χ3v) is 5.82. The summed E-state index contributed by atoms with van der Waals surface area (Å²) < 4.78 is 10.2. The maximum Gasteiger partial charge on any atom is 0.329 e. The van der Waals surface area contributed by atoms with Crippen molar-refractivity contribution in [1.29, 1.82) is 0 Å². The average molecular weight is 551 g/mol. The Bertz CT molecular complexity index is 727. The number of hydrogen-bond donors (Lipinski definition) is 5. The fraction of sp³-hybridized carbons (Fsp3) is 0.826. The summed E-state index contributed by atoms with van der Waals surface area (Å²) in [6.07, 6.45) is 0.280. The van der Waals surface area contributed by atoms with Gasteiger partial charge in [0.1, 0.15) is 6.61 Å². The van der Waals surface area contributed by atoms with Crippen molar-refractivity contribution in [3.8, 4) is 0 Å². The van der Waals surface area contributed by atoms with Gasteiger partial charge in [-0.1, -0.05) is 0 Å². The van der Waals surface area contributed by atoms with Gasteiger partial charge < -0.3 is 35.0 Å². The maximum absolute atomic E-state index is 11.4. The van der Waals surface area contributed by atoms with Gasteiger partial charge in [-0.25, -0.2) is 4.79 Å². The molecule has 1 aliphatic rings. The second-order valence-electron chi connectivity index (χ2n) is 9.19. The van der Waals surface area contributed by atoms with Crippen molar-refractivity contribution in [1.82, 2.24) is 19.6 Å². The summed E-state index contributed by atoms with van der Waals surface area (Å²) in [7, 11) is 0. The summed E-state index contributed by atoms with van der Waals surface area (Å²) in [6, 6.07) is 0. The second kappa shape index (κ2) is 19.6. The SMILES string of the molecule is O=C(O)COCCOCC(O)CN1CCCN(CC(=O)O)CCN(CC(=O)O)CCCN(CC(=O)O)CC1. The number of carboxylic acid groups (broad SMARTS) is 4. The standard InChI is InChI=1S/C23H42N4O11/c28-19(17-37-11-12-38-18-23(35)36)13-24-3-1-4-26(15-21(31)32)9-10-27(16-22(33)34)6-2-5-25(8-7-24)14-20(29)30/h19,28H,1-18H2,(H,29,30)(H,31,32)(H,33,34)(H,35,36). The van der Waals surface area contributed by atoms with Gasteiger partial charge in [0.05, 0.1) is 45.6 Å². The van der Waals surface area contributed by atoms with Crippen molar-refractivity contribution in [2.75, 3.05) is 105 Å². The van der Waals surface area contributed by atoms with Crippen LogP contribution >= 0.6 is 0 Å². The first-order chi connectivity index (χ1) is 18.0. The molecule has 1 fully saturated rings. The van der Waals surface area contributed by atoms with Crippen LogP contribution in [0.1, 0.15) is 12.8 Å². The Kier molecular flexibility index (Phi) is 17.4. The summed E-state index contributed by atoms with van der Waals surface area (Å²) in [4.78, 5) is 51.7. The molecule has 15 nitrogen and oxygen atoms in total. The average Bonchev–Trinajstić information content (AvgIpc) is 2.80. The Morgan fingerprint density at radius 1 is 0.579 bits per heavy atom. The van der Waals surface area contributed by atoms with E-state index in [9.17, 15) is 39.6 Å². The first-order valence-corrected chi connectivity index (χ1v) is 12.6. The molecule has 0 aromatic heterocycles.